The molecule has 0 aliphatic heterocycles. The van der Waals surface area contributed by atoms with Crippen LogP contribution in [0.2, 0.25) is 0 Å². The summed E-state index contributed by atoms with van der Waals surface area (Å²) < 4.78 is 0. The molecule has 0 saturated heterocycles. The van der Waals surface area contributed by atoms with Gasteiger partial charge in [0, 0.05) is 0 Å². The summed E-state index contributed by atoms with van der Waals surface area (Å²) in [6.07, 6.45) is 19.5. The number of rotatable bonds is 17. The van der Waals surface area contributed by atoms with Gasteiger partial charge < -0.3 is 0 Å². The van der Waals surface area contributed by atoms with Crippen molar-refractivity contribution in [3.05, 3.63) is 42.8 Å². The van der Waals surface area contributed by atoms with E-state index in [9.17, 15) is 0 Å². The molecule has 0 aliphatic rings. The maximum absolute atomic E-state index is 3.90. The maximum Gasteiger partial charge on any atom is -0.00270 e. The number of benzene rings is 1. The van der Waals surface area contributed by atoms with E-state index >= 15 is 0 Å². The fourth-order valence-electron chi connectivity index (χ4n) is 3.09. The standard InChI is InChI=1S/C23H39S/c1-2-3-4-5-6-7-8-9-10-11-12-13-17-21-24-22-20-23-18-15-14-16-19-23/h14-16,18-19H,1-13,17,20-22H2. The summed E-state index contributed by atoms with van der Waals surface area (Å²) in [6.45, 7) is 3.90. The molecule has 0 atom stereocenters. The van der Waals surface area contributed by atoms with Crippen LogP contribution < -0.4 is 0 Å². The zero-order valence-electron chi connectivity index (χ0n) is 15.8. The number of hydrogen-bond acceptors (Lipinski definition) is 1. The molecule has 0 heterocycles. The Morgan fingerprint density at radius 3 is 1.62 bits per heavy atom. The Hall–Kier alpha value is -0.430. The smallest absolute Gasteiger partial charge is 0.00270 e. The van der Waals surface area contributed by atoms with Crippen LogP contribution in [0, 0.1) is 6.92 Å². The molecule has 1 aromatic carbocycles. The van der Waals surface area contributed by atoms with Crippen LogP contribution in [0.25, 0.3) is 0 Å². The van der Waals surface area contributed by atoms with Gasteiger partial charge in [-0.3, -0.25) is 0 Å². The van der Waals surface area contributed by atoms with E-state index in [2.05, 4.69) is 49.0 Å². The molecular formula is C23H39S. The predicted molar refractivity (Wildman–Crippen MR) is 113 cm³/mol. The first-order valence-corrected chi connectivity index (χ1v) is 11.5. The molecule has 0 nitrogen and oxygen atoms in total. The average Bonchev–Trinajstić information content (AvgIpc) is 2.62. The van der Waals surface area contributed by atoms with Gasteiger partial charge in [-0.1, -0.05) is 114 Å². The van der Waals surface area contributed by atoms with Gasteiger partial charge in [-0.25, -0.2) is 0 Å². The zero-order chi connectivity index (χ0) is 17.1. The Morgan fingerprint density at radius 1 is 0.583 bits per heavy atom. The third kappa shape index (κ3) is 14.0. The molecule has 1 rings (SSSR count). The van der Waals surface area contributed by atoms with Gasteiger partial charge in [-0.05, 0) is 29.9 Å². The monoisotopic (exact) mass is 347 g/mol. The Bertz CT molecular complexity index is 346. The summed E-state index contributed by atoms with van der Waals surface area (Å²) in [5.41, 5.74) is 1.48. The van der Waals surface area contributed by atoms with E-state index in [4.69, 9.17) is 0 Å². The van der Waals surface area contributed by atoms with Crippen LogP contribution in [0.5, 0.6) is 0 Å². The lowest BCUT2D eigenvalue weighted by Crippen LogP contribution is -1.90. The normalized spacial score (nSPS) is 11.0. The summed E-state index contributed by atoms with van der Waals surface area (Å²) in [6, 6.07) is 10.9. The summed E-state index contributed by atoms with van der Waals surface area (Å²) >= 11 is 2.13. The highest BCUT2D eigenvalue weighted by Crippen LogP contribution is 2.14. The molecule has 0 aliphatic carbocycles. The molecule has 1 heteroatoms. The molecule has 0 aromatic heterocycles. The van der Waals surface area contributed by atoms with Gasteiger partial charge in [0.25, 0.3) is 0 Å². The summed E-state index contributed by atoms with van der Waals surface area (Å²) in [7, 11) is 0. The van der Waals surface area contributed by atoms with Crippen molar-refractivity contribution in [2.75, 3.05) is 11.5 Å². The molecule has 137 valence electrons. The van der Waals surface area contributed by atoms with Crippen molar-refractivity contribution in [2.24, 2.45) is 0 Å². The number of unbranched alkanes of at least 4 members (excludes halogenated alkanes) is 12. The lowest BCUT2D eigenvalue weighted by atomic mass is 10.1. The highest BCUT2D eigenvalue weighted by atomic mass is 32.2. The molecule has 1 aromatic rings. The Balaban J connectivity index is 1.70. The van der Waals surface area contributed by atoms with Gasteiger partial charge in [0.15, 0.2) is 0 Å². The number of aryl methyl sites for hydroxylation is 1. The van der Waals surface area contributed by atoms with Crippen LogP contribution in [0.4, 0.5) is 0 Å². The summed E-state index contributed by atoms with van der Waals surface area (Å²) in [4.78, 5) is 0. The highest BCUT2D eigenvalue weighted by molar-refractivity contribution is 7.99. The zero-order valence-corrected chi connectivity index (χ0v) is 16.6. The lowest BCUT2D eigenvalue weighted by Gasteiger charge is -2.04. The van der Waals surface area contributed by atoms with Gasteiger partial charge >= 0.3 is 0 Å². The predicted octanol–water partition coefficient (Wildman–Crippen LogP) is 7.87. The Kier molecular flexibility index (Phi) is 15.7. The van der Waals surface area contributed by atoms with E-state index in [0.717, 1.165) is 6.42 Å². The summed E-state index contributed by atoms with van der Waals surface area (Å²) in [5, 5.41) is 0. The fourth-order valence-corrected chi connectivity index (χ4v) is 4.08. The van der Waals surface area contributed by atoms with Crippen LogP contribution in [0.3, 0.4) is 0 Å². The third-order valence-electron chi connectivity index (χ3n) is 4.67. The molecular weight excluding hydrogens is 308 g/mol. The third-order valence-corrected chi connectivity index (χ3v) is 5.74. The molecule has 0 spiro atoms. The number of hydrogen-bond donors (Lipinski definition) is 0. The van der Waals surface area contributed by atoms with Gasteiger partial charge in [0.2, 0.25) is 0 Å². The van der Waals surface area contributed by atoms with Crippen LogP contribution in [-0.2, 0) is 6.42 Å². The van der Waals surface area contributed by atoms with Crippen molar-refractivity contribution in [1.29, 1.82) is 0 Å². The summed E-state index contributed by atoms with van der Waals surface area (Å²) in [5.74, 6) is 2.62. The molecule has 1 radical (unpaired) electrons. The molecule has 0 N–H and O–H groups in total. The van der Waals surface area contributed by atoms with Crippen molar-refractivity contribution in [1.82, 2.24) is 0 Å². The van der Waals surface area contributed by atoms with E-state index in [1.54, 1.807) is 0 Å². The van der Waals surface area contributed by atoms with Crippen molar-refractivity contribution < 1.29 is 0 Å². The Labute approximate surface area is 156 Å². The minimum atomic E-state index is 1.12. The van der Waals surface area contributed by atoms with E-state index in [0.29, 0.717) is 0 Å². The first kappa shape index (κ1) is 21.6. The van der Waals surface area contributed by atoms with Gasteiger partial charge in [0.1, 0.15) is 0 Å². The van der Waals surface area contributed by atoms with Crippen molar-refractivity contribution >= 4 is 11.8 Å². The topological polar surface area (TPSA) is 0 Å². The SMILES string of the molecule is [CH2]CCCCCCCCCCCCCCSCCc1ccccc1. The molecule has 0 fully saturated rings. The first-order chi connectivity index (χ1) is 11.9. The van der Waals surface area contributed by atoms with Crippen LogP contribution in [0.15, 0.2) is 30.3 Å². The second-order valence-corrected chi connectivity index (χ2v) is 8.17. The second kappa shape index (κ2) is 17.4. The van der Waals surface area contributed by atoms with E-state index in [1.807, 2.05) is 0 Å². The van der Waals surface area contributed by atoms with Crippen LogP contribution in [-0.4, -0.2) is 11.5 Å². The van der Waals surface area contributed by atoms with Crippen LogP contribution in [0.1, 0.15) is 89.0 Å². The maximum atomic E-state index is 3.90. The molecule has 0 amide bonds. The second-order valence-electron chi connectivity index (χ2n) is 6.94. The molecule has 0 bridgehead atoms. The van der Waals surface area contributed by atoms with Crippen molar-refractivity contribution in [3.8, 4) is 0 Å². The minimum Gasteiger partial charge on any atom is -0.162 e. The van der Waals surface area contributed by atoms with Crippen molar-refractivity contribution in [3.63, 3.8) is 0 Å². The fraction of sp³-hybridized carbons (Fsp3) is 0.696. The van der Waals surface area contributed by atoms with Crippen molar-refractivity contribution in [2.45, 2.75) is 89.9 Å². The average molecular weight is 348 g/mol. The molecule has 0 saturated carbocycles. The largest absolute Gasteiger partial charge is 0.162 e. The quantitative estimate of drug-likeness (QED) is 0.258. The Morgan fingerprint density at radius 2 is 1.08 bits per heavy atom. The van der Waals surface area contributed by atoms with Gasteiger partial charge in [0.05, 0.1) is 0 Å². The van der Waals surface area contributed by atoms with E-state index in [1.165, 1.54) is 101 Å². The first-order valence-electron chi connectivity index (χ1n) is 10.3. The lowest BCUT2D eigenvalue weighted by molar-refractivity contribution is 0.545. The van der Waals surface area contributed by atoms with Crippen LogP contribution >= 0.6 is 11.8 Å². The van der Waals surface area contributed by atoms with Gasteiger partial charge in [-0.2, -0.15) is 11.8 Å². The minimum absolute atomic E-state index is 1.12. The van der Waals surface area contributed by atoms with E-state index < -0.39 is 0 Å². The molecule has 0 unspecified atom stereocenters. The highest BCUT2D eigenvalue weighted by Gasteiger charge is 1.95. The van der Waals surface area contributed by atoms with E-state index in [-0.39, 0.29) is 0 Å². The molecule has 24 heavy (non-hydrogen) atoms. The number of thioether (sulfide) groups is 1. The van der Waals surface area contributed by atoms with Gasteiger partial charge in [-0.15, -0.1) is 0 Å².